The molecule has 1 heterocycles. The van der Waals surface area contributed by atoms with Gasteiger partial charge < -0.3 is 24.8 Å². The van der Waals surface area contributed by atoms with Crippen molar-refractivity contribution in [2.45, 2.75) is 19.9 Å². The number of carbonyl (C=O) groups excluding carboxylic acids is 1. The molecule has 0 saturated carbocycles. The lowest BCUT2D eigenvalue weighted by Gasteiger charge is -2.15. The van der Waals surface area contributed by atoms with Crippen LogP contribution < -0.4 is 30.4 Å². The van der Waals surface area contributed by atoms with Crippen molar-refractivity contribution < 1.29 is 19.0 Å². The quantitative estimate of drug-likeness (QED) is 0.726. The third-order valence-corrected chi connectivity index (χ3v) is 3.86. The van der Waals surface area contributed by atoms with Crippen LogP contribution >= 0.6 is 0 Å². The Labute approximate surface area is 157 Å². The Balaban J connectivity index is 1.97. The van der Waals surface area contributed by atoms with E-state index in [4.69, 9.17) is 14.2 Å². The van der Waals surface area contributed by atoms with Crippen molar-refractivity contribution in [3.63, 3.8) is 0 Å². The van der Waals surface area contributed by atoms with Crippen LogP contribution in [0.25, 0.3) is 0 Å². The number of urea groups is 1. The zero-order chi connectivity index (χ0) is 19.8. The lowest BCUT2D eigenvalue weighted by molar-refractivity contribution is 0.251. The molecule has 0 aliphatic carbocycles. The minimum Gasteiger partial charge on any atom is -0.493 e. The maximum atomic E-state index is 12.1. The molecule has 0 aliphatic heterocycles. The van der Waals surface area contributed by atoms with E-state index >= 15 is 0 Å². The van der Waals surface area contributed by atoms with Crippen molar-refractivity contribution in [3.05, 3.63) is 40.6 Å². The van der Waals surface area contributed by atoms with Gasteiger partial charge >= 0.3 is 6.03 Å². The molecule has 2 amide bonds. The number of rotatable bonds is 8. The van der Waals surface area contributed by atoms with Gasteiger partial charge in [0.15, 0.2) is 11.5 Å². The minimum absolute atomic E-state index is 0.145. The maximum Gasteiger partial charge on any atom is 0.319 e. The zero-order valence-electron chi connectivity index (χ0n) is 15.9. The first-order valence-corrected chi connectivity index (χ1v) is 8.42. The van der Waals surface area contributed by atoms with Gasteiger partial charge in [0.1, 0.15) is 0 Å². The normalized spacial score (nSPS) is 10.2. The van der Waals surface area contributed by atoms with Gasteiger partial charge in [-0.25, -0.2) is 9.78 Å². The second-order valence-electron chi connectivity index (χ2n) is 5.56. The van der Waals surface area contributed by atoms with E-state index in [0.717, 1.165) is 5.69 Å². The van der Waals surface area contributed by atoms with Crippen molar-refractivity contribution in [2.24, 2.45) is 0 Å². The molecule has 9 heteroatoms. The topological polar surface area (TPSA) is 104 Å². The average molecular weight is 376 g/mol. The number of carbonyl (C=O) groups is 1. The minimum atomic E-state index is -0.421. The van der Waals surface area contributed by atoms with E-state index < -0.39 is 6.03 Å². The second-order valence-corrected chi connectivity index (χ2v) is 5.56. The number of amides is 2. The van der Waals surface area contributed by atoms with Gasteiger partial charge in [-0.05, 0) is 6.42 Å². The number of nitrogens with one attached hydrogen (secondary N) is 2. The maximum absolute atomic E-state index is 12.1. The first-order valence-electron chi connectivity index (χ1n) is 8.42. The molecule has 2 rings (SSSR count). The average Bonchev–Trinajstić information content (AvgIpc) is 2.68. The van der Waals surface area contributed by atoms with Crippen LogP contribution in [0.3, 0.4) is 0 Å². The summed E-state index contributed by atoms with van der Waals surface area (Å²) in [5.74, 6) is 1.30. The molecule has 0 atom stereocenters. The third-order valence-electron chi connectivity index (χ3n) is 3.86. The molecule has 146 valence electrons. The summed E-state index contributed by atoms with van der Waals surface area (Å²) >= 11 is 0. The number of anilines is 1. The van der Waals surface area contributed by atoms with Crippen molar-refractivity contribution in [2.75, 3.05) is 33.2 Å². The Bertz CT molecular complexity index is 825. The molecule has 9 nitrogen and oxygen atoms in total. The number of nitrogens with zero attached hydrogens (tertiary/aromatic N) is 2. The van der Waals surface area contributed by atoms with Crippen LogP contribution in [-0.2, 0) is 13.0 Å². The van der Waals surface area contributed by atoms with E-state index in [9.17, 15) is 9.59 Å². The van der Waals surface area contributed by atoms with Gasteiger partial charge in [0.05, 0.1) is 33.3 Å². The monoisotopic (exact) mass is 376 g/mol. The van der Waals surface area contributed by atoms with Crippen molar-refractivity contribution in [3.8, 4) is 17.2 Å². The number of ether oxygens (including phenoxy) is 3. The lowest BCUT2D eigenvalue weighted by Crippen LogP contribution is -2.33. The second kappa shape index (κ2) is 9.46. The van der Waals surface area contributed by atoms with Crippen LogP contribution in [0.1, 0.15) is 12.6 Å². The SMILES string of the molecule is CCc1cc(=O)n(CCNC(=O)Nc2cc(OC)c(OC)c(OC)c2)cn1. The smallest absolute Gasteiger partial charge is 0.319 e. The van der Waals surface area contributed by atoms with E-state index in [1.54, 1.807) is 12.1 Å². The predicted octanol–water partition coefficient (Wildman–Crippen LogP) is 1.65. The predicted molar refractivity (Wildman–Crippen MR) is 101 cm³/mol. The van der Waals surface area contributed by atoms with E-state index in [1.165, 1.54) is 38.3 Å². The Morgan fingerprint density at radius 2 is 1.78 bits per heavy atom. The number of hydrogen-bond acceptors (Lipinski definition) is 6. The number of hydrogen-bond donors (Lipinski definition) is 2. The fourth-order valence-electron chi connectivity index (χ4n) is 2.44. The molecular formula is C18H24N4O5. The van der Waals surface area contributed by atoms with E-state index in [0.29, 0.717) is 35.9 Å². The molecule has 0 radical (unpaired) electrons. The molecule has 2 N–H and O–H groups in total. The summed E-state index contributed by atoms with van der Waals surface area (Å²) in [6.07, 6.45) is 2.19. The highest BCUT2D eigenvalue weighted by Gasteiger charge is 2.14. The summed E-state index contributed by atoms with van der Waals surface area (Å²) in [6, 6.07) is 4.32. The van der Waals surface area contributed by atoms with Crippen molar-refractivity contribution >= 4 is 11.7 Å². The Morgan fingerprint density at radius 3 is 2.30 bits per heavy atom. The van der Waals surface area contributed by atoms with Gasteiger partial charge in [0.2, 0.25) is 5.75 Å². The molecule has 0 fully saturated rings. The Hall–Kier alpha value is -3.23. The lowest BCUT2D eigenvalue weighted by atomic mass is 10.2. The van der Waals surface area contributed by atoms with Crippen LogP contribution in [0.4, 0.5) is 10.5 Å². The number of benzene rings is 1. The third kappa shape index (κ3) is 5.13. The van der Waals surface area contributed by atoms with Crippen LogP contribution in [0.15, 0.2) is 29.3 Å². The molecule has 2 aromatic rings. The summed E-state index contributed by atoms with van der Waals surface area (Å²) in [6.45, 7) is 2.52. The van der Waals surface area contributed by atoms with Crippen molar-refractivity contribution in [1.82, 2.24) is 14.9 Å². The number of aromatic nitrogens is 2. The summed E-state index contributed by atoms with van der Waals surface area (Å²) < 4.78 is 17.2. The van der Waals surface area contributed by atoms with Gasteiger partial charge in [-0.2, -0.15) is 0 Å². The number of methoxy groups -OCH3 is 3. The van der Waals surface area contributed by atoms with E-state index in [2.05, 4.69) is 15.6 Å². The fourth-order valence-corrected chi connectivity index (χ4v) is 2.44. The van der Waals surface area contributed by atoms with Crippen LogP contribution in [0.2, 0.25) is 0 Å². The summed E-state index contributed by atoms with van der Waals surface area (Å²) in [4.78, 5) is 28.2. The highest BCUT2D eigenvalue weighted by Crippen LogP contribution is 2.39. The summed E-state index contributed by atoms with van der Waals surface area (Å²) in [5.41, 5.74) is 1.08. The molecule has 1 aromatic heterocycles. The standard InChI is InChI=1S/C18H24N4O5/c1-5-12-10-16(23)22(11-20-12)7-6-19-18(24)21-13-8-14(25-2)17(27-4)15(9-13)26-3/h8-11H,5-7H2,1-4H3,(H2,19,21,24). The molecule has 27 heavy (non-hydrogen) atoms. The summed E-state index contributed by atoms with van der Waals surface area (Å²) in [5, 5.41) is 5.38. The van der Waals surface area contributed by atoms with E-state index in [1.807, 2.05) is 6.92 Å². The molecular weight excluding hydrogens is 352 g/mol. The zero-order valence-corrected chi connectivity index (χ0v) is 15.9. The van der Waals surface area contributed by atoms with Gasteiger partial charge in [0.25, 0.3) is 5.56 Å². The van der Waals surface area contributed by atoms with Crippen LogP contribution in [0, 0.1) is 0 Å². The molecule has 1 aromatic carbocycles. The van der Waals surface area contributed by atoms with Gasteiger partial charge in [0, 0.05) is 37.0 Å². The van der Waals surface area contributed by atoms with Crippen LogP contribution in [-0.4, -0.2) is 43.5 Å². The largest absolute Gasteiger partial charge is 0.493 e. The molecule has 0 unspecified atom stereocenters. The van der Waals surface area contributed by atoms with Gasteiger partial charge in [-0.15, -0.1) is 0 Å². The fraction of sp³-hybridized carbons (Fsp3) is 0.389. The molecule has 0 aliphatic rings. The molecule has 0 spiro atoms. The molecule has 0 saturated heterocycles. The Morgan fingerprint density at radius 1 is 1.11 bits per heavy atom. The Kier molecular flexibility index (Phi) is 7.04. The first-order chi connectivity index (χ1) is 13.0. The first kappa shape index (κ1) is 20.1. The van der Waals surface area contributed by atoms with Crippen molar-refractivity contribution in [1.29, 1.82) is 0 Å². The number of aryl methyl sites for hydroxylation is 1. The highest BCUT2D eigenvalue weighted by molar-refractivity contribution is 5.90. The molecule has 0 bridgehead atoms. The van der Waals surface area contributed by atoms with Crippen LogP contribution in [0.5, 0.6) is 17.2 Å². The van der Waals surface area contributed by atoms with Gasteiger partial charge in [-0.1, -0.05) is 6.92 Å². The van der Waals surface area contributed by atoms with E-state index in [-0.39, 0.29) is 12.1 Å². The summed E-state index contributed by atoms with van der Waals surface area (Å²) in [7, 11) is 4.50. The van der Waals surface area contributed by atoms with Gasteiger partial charge in [-0.3, -0.25) is 9.36 Å². The highest BCUT2D eigenvalue weighted by atomic mass is 16.5.